The molecule has 0 saturated carbocycles. The largest absolute Gasteiger partial charge is 0.417 e. The molecule has 1 heterocycles. The van der Waals surface area contributed by atoms with Gasteiger partial charge in [0.2, 0.25) is 5.91 Å². The van der Waals surface area contributed by atoms with Gasteiger partial charge in [0.1, 0.15) is 18.9 Å². The van der Waals surface area contributed by atoms with Gasteiger partial charge in [-0.1, -0.05) is 69.8 Å². The van der Waals surface area contributed by atoms with Crippen LogP contribution >= 0.6 is 46.4 Å². The van der Waals surface area contributed by atoms with Crippen LogP contribution in [-0.2, 0) is 22.4 Å². The normalized spacial score (nSPS) is 12.6. The lowest BCUT2D eigenvalue weighted by molar-refractivity contribution is -0.137. The summed E-state index contributed by atoms with van der Waals surface area (Å²) >= 11 is 24.1. The number of carbonyl (C=O) groups excluding carboxylic acids is 1. The molecule has 0 aliphatic carbocycles. The van der Waals surface area contributed by atoms with E-state index < -0.39 is 23.6 Å². The molecule has 3 rings (SSSR count). The van der Waals surface area contributed by atoms with Gasteiger partial charge in [0.15, 0.2) is 0 Å². The van der Waals surface area contributed by atoms with E-state index in [1.54, 1.807) is 18.2 Å². The number of benzene rings is 2. The molecule has 1 amide bonds. The second kappa shape index (κ2) is 11.3. The van der Waals surface area contributed by atoms with Crippen molar-refractivity contribution in [2.75, 3.05) is 0 Å². The SMILES string of the molecule is O=C(NC=NOCc1c(Cl)cccc1Cl)[C@H](c1ccc(Cl)cc1)c1ncc(C(F)(F)F)cc1Cl. The molecule has 0 radical (unpaired) electrons. The lowest BCUT2D eigenvalue weighted by atomic mass is 9.94. The number of halogens is 7. The second-order valence-electron chi connectivity index (χ2n) is 6.79. The fraction of sp³-hybridized carbons (Fsp3) is 0.136. The highest BCUT2D eigenvalue weighted by Crippen LogP contribution is 2.35. The lowest BCUT2D eigenvalue weighted by Crippen LogP contribution is -2.30. The molecule has 0 saturated heterocycles. The maximum Gasteiger partial charge on any atom is 0.417 e. The Bertz CT molecular complexity index is 1180. The third-order valence-electron chi connectivity index (χ3n) is 4.54. The number of hydrogen-bond donors (Lipinski definition) is 1. The zero-order valence-corrected chi connectivity index (χ0v) is 19.9. The molecule has 0 aliphatic heterocycles. The van der Waals surface area contributed by atoms with Crippen LogP contribution in [0.3, 0.4) is 0 Å². The van der Waals surface area contributed by atoms with E-state index in [1.807, 2.05) is 0 Å². The summed E-state index contributed by atoms with van der Waals surface area (Å²) < 4.78 is 39.0. The first-order valence-corrected chi connectivity index (χ1v) is 10.9. The summed E-state index contributed by atoms with van der Waals surface area (Å²) in [5.41, 5.74) is -0.210. The number of nitrogens with one attached hydrogen (secondary N) is 1. The number of pyridine rings is 1. The van der Waals surface area contributed by atoms with E-state index >= 15 is 0 Å². The van der Waals surface area contributed by atoms with Crippen molar-refractivity contribution in [2.24, 2.45) is 5.16 Å². The van der Waals surface area contributed by atoms with Gasteiger partial charge in [-0.3, -0.25) is 9.78 Å². The van der Waals surface area contributed by atoms with Crippen LogP contribution < -0.4 is 5.32 Å². The van der Waals surface area contributed by atoms with Gasteiger partial charge in [-0.05, 0) is 35.9 Å². The second-order valence-corrected chi connectivity index (χ2v) is 8.45. The highest BCUT2D eigenvalue weighted by molar-refractivity contribution is 6.36. The number of rotatable bonds is 7. The minimum absolute atomic E-state index is 0.0578. The van der Waals surface area contributed by atoms with E-state index in [-0.39, 0.29) is 17.3 Å². The van der Waals surface area contributed by atoms with E-state index in [0.717, 1.165) is 6.34 Å². The molecular weight excluding hydrogens is 537 g/mol. The van der Waals surface area contributed by atoms with Gasteiger partial charge < -0.3 is 10.2 Å². The quantitative estimate of drug-likeness (QED) is 0.193. The Kier molecular flexibility index (Phi) is 8.65. The minimum Gasteiger partial charge on any atom is -0.390 e. The van der Waals surface area contributed by atoms with Crippen LogP contribution in [0.1, 0.15) is 28.3 Å². The first kappa shape index (κ1) is 26.1. The molecule has 0 aliphatic rings. The summed E-state index contributed by atoms with van der Waals surface area (Å²) in [5, 5.41) is 6.90. The highest BCUT2D eigenvalue weighted by atomic mass is 35.5. The molecule has 0 spiro atoms. The monoisotopic (exact) mass is 549 g/mol. The van der Waals surface area contributed by atoms with Gasteiger partial charge in [0, 0.05) is 26.8 Å². The maximum atomic E-state index is 13.0. The third kappa shape index (κ3) is 6.54. The maximum absolute atomic E-state index is 13.0. The van der Waals surface area contributed by atoms with E-state index in [9.17, 15) is 18.0 Å². The number of carbonyl (C=O) groups is 1. The zero-order chi connectivity index (χ0) is 24.9. The van der Waals surface area contributed by atoms with Crippen molar-refractivity contribution in [3.8, 4) is 0 Å². The van der Waals surface area contributed by atoms with Gasteiger partial charge >= 0.3 is 6.18 Å². The number of alkyl halides is 3. The molecule has 34 heavy (non-hydrogen) atoms. The topological polar surface area (TPSA) is 63.6 Å². The first-order chi connectivity index (χ1) is 16.1. The average molecular weight is 551 g/mol. The summed E-state index contributed by atoms with van der Waals surface area (Å²) in [5.74, 6) is -1.82. The minimum atomic E-state index is -4.64. The van der Waals surface area contributed by atoms with Crippen LogP contribution in [-0.4, -0.2) is 17.2 Å². The van der Waals surface area contributed by atoms with Crippen LogP contribution in [0.4, 0.5) is 13.2 Å². The van der Waals surface area contributed by atoms with Gasteiger partial charge in [0.05, 0.1) is 16.3 Å². The number of amides is 1. The summed E-state index contributed by atoms with van der Waals surface area (Å²) in [4.78, 5) is 21.9. The predicted molar refractivity (Wildman–Crippen MR) is 125 cm³/mol. The van der Waals surface area contributed by atoms with E-state index in [0.29, 0.717) is 38.5 Å². The molecule has 3 aromatic rings. The molecule has 5 nitrogen and oxygen atoms in total. The first-order valence-electron chi connectivity index (χ1n) is 9.43. The van der Waals surface area contributed by atoms with Gasteiger partial charge in [-0.25, -0.2) is 0 Å². The third-order valence-corrected chi connectivity index (χ3v) is 5.80. The average Bonchev–Trinajstić information content (AvgIpc) is 2.77. The van der Waals surface area contributed by atoms with Crippen LogP contribution in [0.2, 0.25) is 20.1 Å². The molecule has 1 atom stereocenters. The lowest BCUT2D eigenvalue weighted by Gasteiger charge is -2.18. The highest BCUT2D eigenvalue weighted by Gasteiger charge is 2.33. The van der Waals surface area contributed by atoms with Crippen molar-refractivity contribution in [3.63, 3.8) is 0 Å². The fourth-order valence-corrected chi connectivity index (χ4v) is 3.80. The summed E-state index contributed by atoms with van der Waals surface area (Å²) in [7, 11) is 0. The Balaban J connectivity index is 1.79. The van der Waals surface area contributed by atoms with Crippen LogP contribution in [0.15, 0.2) is 59.9 Å². The van der Waals surface area contributed by atoms with Gasteiger partial charge in [0.25, 0.3) is 0 Å². The molecule has 12 heteroatoms. The van der Waals surface area contributed by atoms with E-state index in [2.05, 4.69) is 15.5 Å². The predicted octanol–water partition coefficient (Wildman–Crippen LogP) is 7.12. The fourth-order valence-electron chi connectivity index (χ4n) is 2.89. The number of aromatic nitrogens is 1. The Hall–Kier alpha value is -2.52. The summed E-state index contributed by atoms with van der Waals surface area (Å²) in [6, 6.07) is 11.8. The Morgan fingerprint density at radius 1 is 1.06 bits per heavy atom. The van der Waals surface area contributed by atoms with Crippen LogP contribution in [0.5, 0.6) is 0 Å². The van der Waals surface area contributed by atoms with Crippen molar-refractivity contribution in [3.05, 3.63) is 97.2 Å². The molecule has 0 fully saturated rings. The van der Waals surface area contributed by atoms with Crippen molar-refractivity contribution in [2.45, 2.75) is 18.7 Å². The summed E-state index contributed by atoms with van der Waals surface area (Å²) in [6.45, 7) is -0.0578. The molecular formula is C22H14Cl4F3N3O2. The molecule has 0 bridgehead atoms. The van der Waals surface area contributed by atoms with Crippen molar-refractivity contribution >= 4 is 58.6 Å². The molecule has 1 N–H and O–H groups in total. The van der Waals surface area contributed by atoms with Crippen molar-refractivity contribution < 1.29 is 22.8 Å². The molecule has 2 aromatic carbocycles. The molecule has 0 unspecified atom stereocenters. The summed E-state index contributed by atoms with van der Waals surface area (Å²) in [6.07, 6.45) is -3.04. The van der Waals surface area contributed by atoms with Gasteiger partial charge in [-0.2, -0.15) is 13.2 Å². The molecule has 178 valence electrons. The smallest absolute Gasteiger partial charge is 0.390 e. The van der Waals surface area contributed by atoms with Crippen molar-refractivity contribution in [1.82, 2.24) is 10.3 Å². The number of hydrogen-bond acceptors (Lipinski definition) is 4. The van der Waals surface area contributed by atoms with Crippen LogP contribution in [0.25, 0.3) is 0 Å². The number of oxime groups is 1. The van der Waals surface area contributed by atoms with Crippen LogP contribution in [0, 0.1) is 0 Å². The van der Waals surface area contributed by atoms with Crippen molar-refractivity contribution in [1.29, 1.82) is 0 Å². The zero-order valence-electron chi connectivity index (χ0n) is 16.9. The Morgan fingerprint density at radius 3 is 2.29 bits per heavy atom. The Labute approximate surface area is 212 Å². The molecule has 1 aromatic heterocycles. The number of nitrogens with zero attached hydrogens (tertiary/aromatic N) is 2. The van der Waals surface area contributed by atoms with Gasteiger partial charge in [-0.15, -0.1) is 0 Å². The Morgan fingerprint density at radius 2 is 1.71 bits per heavy atom. The van der Waals surface area contributed by atoms with E-state index in [4.69, 9.17) is 51.2 Å². The standard InChI is InChI=1S/C22H14Cl4F3N3O2/c23-14-6-4-12(5-7-14)19(20-18(26)8-13(9-30-20)22(27,28)29)21(33)31-11-32-34-10-15-16(24)2-1-3-17(15)25/h1-9,11,19H,10H2,(H,31,32,33)/t19-/m1/s1. The van der Waals surface area contributed by atoms with E-state index in [1.165, 1.54) is 24.3 Å².